The van der Waals surface area contributed by atoms with E-state index >= 15 is 0 Å². The molecule has 1 aliphatic heterocycles. The molecule has 0 aromatic heterocycles. The minimum atomic E-state index is 1.10. The van der Waals surface area contributed by atoms with E-state index in [4.69, 9.17) is 0 Å². The molecule has 1 fully saturated rings. The average Bonchev–Trinajstić information content (AvgIpc) is 2.30. The summed E-state index contributed by atoms with van der Waals surface area (Å²) in [5, 5.41) is 0. The number of hydrogen-bond donors (Lipinski definition) is 0. The highest BCUT2D eigenvalue weighted by molar-refractivity contribution is 5.09. The molecular formula is C16H26N2. The zero-order valence-electron chi connectivity index (χ0n) is 12.2. The molecule has 0 amide bonds. The fourth-order valence-electron chi connectivity index (χ4n) is 1.75. The van der Waals surface area contributed by atoms with Gasteiger partial charge in [-0.05, 0) is 52.2 Å². The van der Waals surface area contributed by atoms with Crippen LogP contribution in [0.25, 0.3) is 0 Å². The van der Waals surface area contributed by atoms with Gasteiger partial charge in [0.05, 0.1) is 0 Å². The first kappa shape index (κ1) is 14.6. The first-order chi connectivity index (χ1) is 8.58. The lowest BCUT2D eigenvalue weighted by molar-refractivity contribution is 0.218. The Kier molecular flexibility index (Phi) is 6.34. The third-order valence-electron chi connectivity index (χ3n) is 2.80. The minimum Gasteiger partial charge on any atom is -0.374 e. The van der Waals surface area contributed by atoms with Gasteiger partial charge in [-0.15, -0.1) is 0 Å². The van der Waals surface area contributed by atoms with Crippen LogP contribution in [-0.2, 0) is 0 Å². The third kappa shape index (κ3) is 6.33. The number of hydrogen-bond acceptors (Lipinski definition) is 2. The number of piperazine rings is 1. The van der Waals surface area contributed by atoms with Crippen molar-refractivity contribution in [1.29, 1.82) is 0 Å². The van der Waals surface area contributed by atoms with Gasteiger partial charge in [-0.25, -0.2) is 0 Å². The predicted molar refractivity (Wildman–Crippen MR) is 80.3 cm³/mol. The van der Waals surface area contributed by atoms with Crippen LogP contribution in [0.5, 0.6) is 0 Å². The molecule has 0 spiro atoms. The Morgan fingerprint density at radius 3 is 1.28 bits per heavy atom. The second-order valence-electron chi connectivity index (χ2n) is 5.24. The summed E-state index contributed by atoms with van der Waals surface area (Å²) in [4.78, 5) is 4.76. The van der Waals surface area contributed by atoms with Gasteiger partial charge in [-0.3, -0.25) is 0 Å². The summed E-state index contributed by atoms with van der Waals surface area (Å²) in [6.45, 7) is 12.9. The van der Waals surface area contributed by atoms with Gasteiger partial charge in [0.2, 0.25) is 0 Å². The van der Waals surface area contributed by atoms with Crippen molar-refractivity contribution in [3.8, 4) is 0 Å². The van der Waals surface area contributed by atoms with Gasteiger partial charge in [-0.2, -0.15) is 0 Å². The third-order valence-corrected chi connectivity index (χ3v) is 2.80. The van der Waals surface area contributed by atoms with Crippen LogP contribution < -0.4 is 0 Å². The van der Waals surface area contributed by atoms with Gasteiger partial charge in [0.15, 0.2) is 0 Å². The van der Waals surface area contributed by atoms with Crippen LogP contribution in [0.15, 0.2) is 47.9 Å². The van der Waals surface area contributed by atoms with Crippen molar-refractivity contribution in [2.45, 2.75) is 27.7 Å². The molecule has 0 unspecified atom stereocenters. The van der Waals surface area contributed by atoms with Crippen LogP contribution in [0.1, 0.15) is 27.7 Å². The normalized spacial score (nSPS) is 16.4. The molecule has 0 bridgehead atoms. The topological polar surface area (TPSA) is 6.48 Å². The first-order valence-electron chi connectivity index (χ1n) is 6.69. The second kappa shape index (κ2) is 7.80. The fourth-order valence-corrected chi connectivity index (χ4v) is 1.75. The smallest absolute Gasteiger partial charge is 0.0349 e. The van der Waals surface area contributed by atoms with E-state index in [9.17, 15) is 0 Å². The summed E-state index contributed by atoms with van der Waals surface area (Å²) in [5.74, 6) is 0. The summed E-state index contributed by atoms with van der Waals surface area (Å²) in [7, 11) is 0. The minimum absolute atomic E-state index is 1.10. The van der Waals surface area contributed by atoms with Crippen LogP contribution in [0.3, 0.4) is 0 Å². The monoisotopic (exact) mass is 246 g/mol. The van der Waals surface area contributed by atoms with Gasteiger partial charge >= 0.3 is 0 Å². The number of allylic oxidation sites excluding steroid dienone is 6. The first-order valence-corrected chi connectivity index (χ1v) is 6.69. The van der Waals surface area contributed by atoms with Crippen molar-refractivity contribution in [3.05, 3.63) is 47.9 Å². The molecule has 1 aliphatic rings. The Morgan fingerprint density at radius 2 is 1.00 bits per heavy atom. The van der Waals surface area contributed by atoms with Gasteiger partial charge in [0, 0.05) is 26.2 Å². The summed E-state index contributed by atoms with van der Waals surface area (Å²) in [6, 6.07) is 0. The van der Waals surface area contributed by atoms with Gasteiger partial charge in [-0.1, -0.05) is 23.3 Å². The lowest BCUT2D eigenvalue weighted by Crippen LogP contribution is -2.41. The van der Waals surface area contributed by atoms with E-state index in [1.165, 1.54) is 11.1 Å². The maximum absolute atomic E-state index is 2.38. The molecule has 0 aliphatic carbocycles. The lowest BCUT2D eigenvalue weighted by atomic mass is 10.3. The van der Waals surface area contributed by atoms with E-state index in [-0.39, 0.29) is 0 Å². The average molecular weight is 246 g/mol. The van der Waals surface area contributed by atoms with E-state index < -0.39 is 0 Å². The highest BCUT2D eigenvalue weighted by atomic mass is 15.2. The number of nitrogens with zero attached hydrogens (tertiary/aromatic N) is 2. The molecule has 2 heteroatoms. The van der Waals surface area contributed by atoms with Crippen LogP contribution in [0, 0.1) is 0 Å². The van der Waals surface area contributed by atoms with E-state index in [2.05, 4.69) is 74.2 Å². The molecule has 2 nitrogen and oxygen atoms in total. The van der Waals surface area contributed by atoms with E-state index in [1.807, 2.05) is 0 Å². The van der Waals surface area contributed by atoms with Crippen molar-refractivity contribution >= 4 is 0 Å². The molecule has 18 heavy (non-hydrogen) atoms. The van der Waals surface area contributed by atoms with E-state index in [0.29, 0.717) is 0 Å². The molecule has 0 N–H and O–H groups in total. The highest BCUT2D eigenvalue weighted by Gasteiger charge is 2.10. The molecule has 0 aromatic rings. The molecule has 1 heterocycles. The summed E-state index contributed by atoms with van der Waals surface area (Å²) < 4.78 is 0. The van der Waals surface area contributed by atoms with Crippen molar-refractivity contribution in [2.24, 2.45) is 0 Å². The van der Waals surface area contributed by atoms with E-state index in [0.717, 1.165) is 26.2 Å². The Balaban J connectivity index is 2.33. The van der Waals surface area contributed by atoms with Crippen molar-refractivity contribution in [1.82, 2.24) is 9.80 Å². The van der Waals surface area contributed by atoms with Crippen molar-refractivity contribution in [3.63, 3.8) is 0 Å². The van der Waals surface area contributed by atoms with Crippen LogP contribution in [0.4, 0.5) is 0 Å². The Labute approximate surface area is 112 Å². The van der Waals surface area contributed by atoms with Gasteiger partial charge < -0.3 is 9.80 Å². The molecule has 0 saturated carbocycles. The highest BCUT2D eigenvalue weighted by Crippen LogP contribution is 2.04. The summed E-state index contributed by atoms with van der Waals surface area (Å²) >= 11 is 0. The van der Waals surface area contributed by atoms with Crippen LogP contribution in [-0.4, -0.2) is 36.0 Å². The van der Waals surface area contributed by atoms with Crippen LogP contribution in [0.2, 0.25) is 0 Å². The zero-order chi connectivity index (χ0) is 13.4. The molecular weight excluding hydrogens is 220 g/mol. The van der Waals surface area contributed by atoms with Gasteiger partial charge in [0.25, 0.3) is 0 Å². The summed E-state index contributed by atoms with van der Waals surface area (Å²) in [6.07, 6.45) is 13.0. The quantitative estimate of drug-likeness (QED) is 0.700. The SMILES string of the molecule is CC(C)=C/C=C/N1CCN(/C=C/C=C(C)C)CC1. The standard InChI is InChI=1S/C16H26N2/c1-15(2)7-5-9-17-11-13-18(14-12-17)10-6-8-16(3)4/h5-10H,11-14H2,1-4H3/b9-5+,10-6+. The molecule has 0 radical (unpaired) electrons. The van der Waals surface area contributed by atoms with Crippen molar-refractivity contribution in [2.75, 3.05) is 26.2 Å². The van der Waals surface area contributed by atoms with E-state index in [1.54, 1.807) is 0 Å². The maximum atomic E-state index is 2.38. The Hall–Kier alpha value is -1.44. The molecule has 0 atom stereocenters. The van der Waals surface area contributed by atoms with Gasteiger partial charge in [0.1, 0.15) is 0 Å². The largest absolute Gasteiger partial charge is 0.374 e. The number of rotatable bonds is 4. The maximum Gasteiger partial charge on any atom is 0.0349 e. The second-order valence-corrected chi connectivity index (χ2v) is 5.24. The predicted octanol–water partition coefficient (Wildman–Crippen LogP) is 3.56. The lowest BCUT2D eigenvalue weighted by Gasteiger charge is -2.33. The molecule has 1 saturated heterocycles. The Morgan fingerprint density at radius 1 is 0.667 bits per heavy atom. The fraction of sp³-hybridized carbons (Fsp3) is 0.500. The zero-order valence-corrected chi connectivity index (χ0v) is 12.2. The van der Waals surface area contributed by atoms with Crippen molar-refractivity contribution < 1.29 is 0 Å². The summed E-state index contributed by atoms with van der Waals surface area (Å²) in [5.41, 5.74) is 2.68. The Bertz CT molecular complexity index is 309. The molecule has 100 valence electrons. The molecule has 1 rings (SSSR count). The van der Waals surface area contributed by atoms with Crippen LogP contribution >= 0.6 is 0 Å². The molecule has 0 aromatic carbocycles.